The number of anilines is 1. The third-order valence-corrected chi connectivity index (χ3v) is 3.83. The van der Waals surface area contributed by atoms with Gasteiger partial charge in [-0.25, -0.2) is 0 Å². The first kappa shape index (κ1) is 16.9. The molecule has 7 nitrogen and oxygen atoms in total. The molecular weight excluding hydrogens is 316 g/mol. The lowest BCUT2D eigenvalue weighted by molar-refractivity contribution is -0.118. The lowest BCUT2D eigenvalue weighted by atomic mass is 10.1. The number of carbonyl (C=O) groups excluding carboxylic acids is 1. The first-order valence-electron chi connectivity index (χ1n) is 8.15. The van der Waals surface area contributed by atoms with Crippen molar-refractivity contribution < 1.29 is 4.79 Å². The molecule has 0 aliphatic rings. The van der Waals surface area contributed by atoms with Gasteiger partial charge < -0.3 is 10.2 Å². The van der Waals surface area contributed by atoms with Gasteiger partial charge in [0.25, 0.3) is 5.91 Å². The summed E-state index contributed by atoms with van der Waals surface area (Å²) in [5, 5.41) is 11.5. The van der Waals surface area contributed by atoms with E-state index in [0.29, 0.717) is 5.69 Å². The molecule has 0 fully saturated rings. The van der Waals surface area contributed by atoms with Gasteiger partial charge in [-0.1, -0.05) is 30.3 Å². The highest BCUT2D eigenvalue weighted by atomic mass is 16.2. The van der Waals surface area contributed by atoms with E-state index in [-0.39, 0.29) is 5.91 Å². The standard InChI is InChI=1S/C18H22N6O/c1-22(2)11-12-23-14-16(13-20-23)21-18(25)17(24-10-6-9-19-24)15-7-4-3-5-8-15/h3-10,13-14,17H,11-12H2,1-2H3,(H,21,25)/t17-/m1/s1. The van der Waals surface area contributed by atoms with Crippen molar-refractivity contribution >= 4 is 11.6 Å². The molecule has 2 aromatic heterocycles. The summed E-state index contributed by atoms with van der Waals surface area (Å²) in [4.78, 5) is 15.0. The molecule has 1 N–H and O–H groups in total. The Kier molecular flexibility index (Phi) is 5.25. The molecule has 3 rings (SSSR count). The number of carbonyl (C=O) groups is 1. The molecule has 3 aromatic rings. The molecule has 0 saturated heterocycles. The van der Waals surface area contributed by atoms with Crippen LogP contribution in [-0.2, 0) is 11.3 Å². The predicted molar refractivity (Wildman–Crippen MR) is 96.2 cm³/mol. The van der Waals surface area contributed by atoms with E-state index in [1.54, 1.807) is 23.3 Å². The molecule has 130 valence electrons. The van der Waals surface area contributed by atoms with Crippen molar-refractivity contribution in [1.29, 1.82) is 0 Å². The largest absolute Gasteiger partial charge is 0.321 e. The Bertz CT molecular complexity index is 794. The topological polar surface area (TPSA) is 68.0 Å². The average molecular weight is 338 g/mol. The number of rotatable bonds is 7. The second-order valence-electron chi connectivity index (χ2n) is 6.08. The zero-order valence-electron chi connectivity index (χ0n) is 14.4. The molecule has 0 unspecified atom stereocenters. The second-order valence-corrected chi connectivity index (χ2v) is 6.08. The molecule has 7 heteroatoms. The van der Waals surface area contributed by atoms with Crippen LogP contribution < -0.4 is 5.32 Å². The van der Waals surface area contributed by atoms with Crippen molar-refractivity contribution in [3.8, 4) is 0 Å². The number of aromatic nitrogens is 4. The van der Waals surface area contributed by atoms with Crippen LogP contribution >= 0.6 is 0 Å². The first-order valence-corrected chi connectivity index (χ1v) is 8.15. The smallest absolute Gasteiger partial charge is 0.253 e. The predicted octanol–water partition coefficient (Wildman–Crippen LogP) is 1.87. The number of hydrogen-bond donors (Lipinski definition) is 1. The summed E-state index contributed by atoms with van der Waals surface area (Å²) in [5.74, 6) is -0.151. The highest BCUT2D eigenvalue weighted by Crippen LogP contribution is 2.19. The molecule has 0 aliphatic carbocycles. The summed E-state index contributed by atoms with van der Waals surface area (Å²) >= 11 is 0. The van der Waals surface area contributed by atoms with E-state index in [4.69, 9.17) is 0 Å². The van der Waals surface area contributed by atoms with Crippen LogP contribution in [0.2, 0.25) is 0 Å². The summed E-state index contributed by atoms with van der Waals surface area (Å²) in [5.41, 5.74) is 1.56. The lowest BCUT2D eigenvalue weighted by Gasteiger charge is -2.17. The Morgan fingerprint density at radius 1 is 1.20 bits per heavy atom. The van der Waals surface area contributed by atoms with Gasteiger partial charge in [0.1, 0.15) is 0 Å². The molecule has 0 radical (unpaired) electrons. The van der Waals surface area contributed by atoms with Gasteiger partial charge in [-0.2, -0.15) is 10.2 Å². The molecular formula is C18H22N6O. The zero-order chi connectivity index (χ0) is 17.6. The molecule has 2 heterocycles. The average Bonchev–Trinajstić information content (AvgIpc) is 3.26. The lowest BCUT2D eigenvalue weighted by Crippen LogP contribution is -2.27. The Morgan fingerprint density at radius 2 is 2.00 bits per heavy atom. The van der Waals surface area contributed by atoms with E-state index in [9.17, 15) is 4.79 Å². The van der Waals surface area contributed by atoms with E-state index in [1.165, 1.54) is 0 Å². The summed E-state index contributed by atoms with van der Waals surface area (Å²) in [6.07, 6.45) is 6.96. The van der Waals surface area contributed by atoms with Crippen molar-refractivity contribution in [2.75, 3.05) is 26.0 Å². The van der Waals surface area contributed by atoms with Gasteiger partial charge in [0.2, 0.25) is 0 Å². The van der Waals surface area contributed by atoms with Crippen LogP contribution in [0.4, 0.5) is 5.69 Å². The van der Waals surface area contributed by atoms with Crippen molar-refractivity contribution in [2.24, 2.45) is 0 Å². The zero-order valence-corrected chi connectivity index (χ0v) is 14.4. The van der Waals surface area contributed by atoms with Crippen LogP contribution in [0.1, 0.15) is 11.6 Å². The fourth-order valence-electron chi connectivity index (χ4n) is 2.56. The van der Waals surface area contributed by atoms with Crippen LogP contribution in [0.5, 0.6) is 0 Å². The molecule has 1 atom stereocenters. The van der Waals surface area contributed by atoms with Crippen LogP contribution in [-0.4, -0.2) is 51.0 Å². The number of nitrogens with zero attached hydrogens (tertiary/aromatic N) is 5. The highest BCUT2D eigenvalue weighted by Gasteiger charge is 2.23. The number of amides is 1. The molecule has 0 spiro atoms. The SMILES string of the molecule is CN(C)CCn1cc(NC(=O)[C@@H](c2ccccc2)n2cccn2)cn1. The van der Waals surface area contributed by atoms with Gasteiger partial charge in [-0.15, -0.1) is 0 Å². The number of hydrogen-bond acceptors (Lipinski definition) is 4. The van der Waals surface area contributed by atoms with E-state index >= 15 is 0 Å². The first-order chi connectivity index (χ1) is 12.1. The van der Waals surface area contributed by atoms with Gasteiger partial charge in [-0.05, 0) is 25.7 Å². The normalized spacial score (nSPS) is 12.3. The minimum atomic E-state index is -0.527. The quantitative estimate of drug-likeness (QED) is 0.714. The molecule has 1 aromatic carbocycles. The van der Waals surface area contributed by atoms with Crippen LogP contribution in [0.25, 0.3) is 0 Å². The maximum Gasteiger partial charge on any atom is 0.253 e. The molecule has 0 saturated carbocycles. The van der Waals surface area contributed by atoms with Gasteiger partial charge in [0.15, 0.2) is 6.04 Å². The van der Waals surface area contributed by atoms with Crippen molar-refractivity contribution in [1.82, 2.24) is 24.5 Å². The fraction of sp³-hybridized carbons (Fsp3) is 0.278. The summed E-state index contributed by atoms with van der Waals surface area (Å²) in [6.45, 7) is 1.65. The fourth-order valence-corrected chi connectivity index (χ4v) is 2.56. The Balaban J connectivity index is 1.75. The van der Waals surface area contributed by atoms with E-state index in [2.05, 4.69) is 20.4 Å². The van der Waals surface area contributed by atoms with E-state index in [0.717, 1.165) is 18.7 Å². The van der Waals surface area contributed by atoms with Gasteiger partial charge in [0.05, 0.1) is 18.4 Å². The number of benzene rings is 1. The molecule has 0 bridgehead atoms. The van der Waals surface area contributed by atoms with Crippen molar-refractivity contribution in [2.45, 2.75) is 12.6 Å². The minimum Gasteiger partial charge on any atom is -0.321 e. The Morgan fingerprint density at radius 3 is 2.68 bits per heavy atom. The van der Waals surface area contributed by atoms with Gasteiger partial charge in [0, 0.05) is 25.1 Å². The van der Waals surface area contributed by atoms with Gasteiger partial charge in [-0.3, -0.25) is 14.2 Å². The molecule has 1 amide bonds. The number of likely N-dealkylation sites (N-methyl/N-ethyl adjacent to an activating group) is 1. The minimum absolute atomic E-state index is 0.151. The highest BCUT2D eigenvalue weighted by molar-refractivity contribution is 5.95. The van der Waals surface area contributed by atoms with Crippen molar-refractivity contribution in [3.05, 3.63) is 66.7 Å². The van der Waals surface area contributed by atoms with Gasteiger partial charge >= 0.3 is 0 Å². The van der Waals surface area contributed by atoms with Crippen LogP contribution in [0, 0.1) is 0 Å². The third kappa shape index (κ3) is 4.33. The Labute approximate surface area is 146 Å². The van der Waals surface area contributed by atoms with E-state index in [1.807, 2.05) is 61.4 Å². The van der Waals surface area contributed by atoms with Crippen LogP contribution in [0.3, 0.4) is 0 Å². The second kappa shape index (κ2) is 7.76. The van der Waals surface area contributed by atoms with Crippen molar-refractivity contribution in [3.63, 3.8) is 0 Å². The molecule has 25 heavy (non-hydrogen) atoms. The maximum atomic E-state index is 12.9. The monoisotopic (exact) mass is 338 g/mol. The number of nitrogens with one attached hydrogen (secondary N) is 1. The maximum absolute atomic E-state index is 12.9. The van der Waals surface area contributed by atoms with E-state index < -0.39 is 6.04 Å². The molecule has 0 aliphatic heterocycles. The van der Waals surface area contributed by atoms with Crippen LogP contribution in [0.15, 0.2) is 61.2 Å². The summed E-state index contributed by atoms with van der Waals surface area (Å²) < 4.78 is 3.47. The summed E-state index contributed by atoms with van der Waals surface area (Å²) in [6, 6.07) is 10.9. The Hall–Kier alpha value is -2.93. The third-order valence-electron chi connectivity index (χ3n) is 3.83. The summed E-state index contributed by atoms with van der Waals surface area (Å²) in [7, 11) is 4.03.